The fraction of sp³-hybridized carbons (Fsp3) is 0.250. The predicted octanol–water partition coefficient (Wildman–Crippen LogP) is 4.09. The van der Waals surface area contributed by atoms with E-state index in [2.05, 4.69) is 15.9 Å². The Labute approximate surface area is 127 Å². The highest BCUT2D eigenvalue weighted by atomic mass is 79.9. The number of benzene rings is 2. The molecule has 2 rings (SSSR count). The highest BCUT2D eigenvalue weighted by Gasteiger charge is 2.09. The van der Waals surface area contributed by atoms with Crippen molar-refractivity contribution in [2.24, 2.45) is 0 Å². The Morgan fingerprint density at radius 1 is 1.15 bits per heavy atom. The van der Waals surface area contributed by atoms with Crippen molar-refractivity contribution in [1.82, 2.24) is 0 Å². The highest BCUT2D eigenvalue weighted by molar-refractivity contribution is 9.10. The fourth-order valence-corrected chi connectivity index (χ4v) is 2.23. The molecule has 0 aliphatic heterocycles. The van der Waals surface area contributed by atoms with Crippen LogP contribution in [0.15, 0.2) is 46.9 Å². The quantitative estimate of drug-likeness (QED) is 0.893. The molecule has 0 amide bonds. The van der Waals surface area contributed by atoms with Gasteiger partial charge in [0.1, 0.15) is 6.61 Å². The Kier molecular flexibility index (Phi) is 5.04. The van der Waals surface area contributed by atoms with E-state index in [4.69, 9.17) is 9.47 Å². The zero-order chi connectivity index (χ0) is 14.5. The largest absolute Gasteiger partial charge is 0.493 e. The minimum Gasteiger partial charge on any atom is -0.493 e. The van der Waals surface area contributed by atoms with Crippen LogP contribution in [0.5, 0.6) is 11.5 Å². The zero-order valence-corrected chi connectivity index (χ0v) is 13.1. The van der Waals surface area contributed by atoms with Crippen LogP contribution < -0.4 is 9.47 Å². The number of rotatable bonds is 5. The molecular weight excluding hydrogens is 320 g/mol. The van der Waals surface area contributed by atoms with Crippen LogP contribution in [-0.4, -0.2) is 12.2 Å². The van der Waals surface area contributed by atoms with Gasteiger partial charge < -0.3 is 14.6 Å². The predicted molar refractivity (Wildman–Crippen MR) is 82.1 cm³/mol. The summed E-state index contributed by atoms with van der Waals surface area (Å²) in [6, 6.07) is 13.4. The SMILES string of the molecule is COc1cc(C(C)O)ccc1OCc1ccccc1Br. The number of halogens is 1. The van der Waals surface area contributed by atoms with E-state index in [0.717, 1.165) is 15.6 Å². The number of aliphatic hydroxyl groups is 1. The summed E-state index contributed by atoms with van der Waals surface area (Å²) < 4.78 is 12.1. The molecule has 0 heterocycles. The lowest BCUT2D eigenvalue weighted by atomic mass is 10.1. The molecular formula is C16H17BrO3. The van der Waals surface area contributed by atoms with E-state index in [1.165, 1.54) is 0 Å². The van der Waals surface area contributed by atoms with Crippen LogP contribution in [0, 0.1) is 0 Å². The van der Waals surface area contributed by atoms with Gasteiger partial charge in [-0.2, -0.15) is 0 Å². The second-order valence-electron chi connectivity index (χ2n) is 4.47. The van der Waals surface area contributed by atoms with E-state index in [-0.39, 0.29) is 0 Å². The standard InChI is InChI=1S/C16H17BrO3/c1-11(18)12-7-8-15(16(9-12)19-2)20-10-13-5-3-4-6-14(13)17/h3-9,11,18H,10H2,1-2H3. The van der Waals surface area contributed by atoms with Crippen LogP contribution >= 0.6 is 15.9 Å². The van der Waals surface area contributed by atoms with Crippen LogP contribution in [0.4, 0.5) is 0 Å². The van der Waals surface area contributed by atoms with Gasteiger partial charge in [0.05, 0.1) is 13.2 Å². The molecule has 2 aromatic rings. The molecule has 0 aliphatic carbocycles. The van der Waals surface area contributed by atoms with Gasteiger partial charge in [-0.3, -0.25) is 0 Å². The van der Waals surface area contributed by atoms with Gasteiger partial charge in [0.2, 0.25) is 0 Å². The van der Waals surface area contributed by atoms with Crippen molar-refractivity contribution in [3.05, 3.63) is 58.1 Å². The lowest BCUT2D eigenvalue weighted by molar-refractivity contribution is 0.198. The normalized spacial score (nSPS) is 12.0. The first-order chi connectivity index (χ1) is 9.61. The van der Waals surface area contributed by atoms with Gasteiger partial charge in [0.25, 0.3) is 0 Å². The monoisotopic (exact) mass is 336 g/mol. The van der Waals surface area contributed by atoms with Crippen LogP contribution in [0.2, 0.25) is 0 Å². The highest BCUT2D eigenvalue weighted by Crippen LogP contribution is 2.31. The van der Waals surface area contributed by atoms with E-state index < -0.39 is 6.10 Å². The van der Waals surface area contributed by atoms with Crippen molar-refractivity contribution >= 4 is 15.9 Å². The fourth-order valence-electron chi connectivity index (χ4n) is 1.83. The van der Waals surface area contributed by atoms with Crippen molar-refractivity contribution in [3.63, 3.8) is 0 Å². The molecule has 0 radical (unpaired) electrons. The molecule has 0 saturated carbocycles. The first-order valence-corrected chi connectivity index (χ1v) is 7.13. The summed E-state index contributed by atoms with van der Waals surface area (Å²) in [5, 5.41) is 9.58. The van der Waals surface area contributed by atoms with E-state index in [9.17, 15) is 5.11 Å². The number of ether oxygens (including phenoxy) is 2. The Hall–Kier alpha value is -1.52. The number of hydrogen-bond acceptors (Lipinski definition) is 3. The molecule has 0 bridgehead atoms. The minimum atomic E-state index is -0.527. The van der Waals surface area contributed by atoms with Crippen LogP contribution in [0.3, 0.4) is 0 Å². The van der Waals surface area contributed by atoms with Crippen molar-refractivity contribution in [3.8, 4) is 11.5 Å². The third-order valence-electron chi connectivity index (χ3n) is 3.01. The summed E-state index contributed by atoms with van der Waals surface area (Å²) in [5.74, 6) is 1.28. The summed E-state index contributed by atoms with van der Waals surface area (Å²) >= 11 is 3.49. The molecule has 2 aromatic carbocycles. The first-order valence-electron chi connectivity index (χ1n) is 6.34. The second-order valence-corrected chi connectivity index (χ2v) is 5.32. The third-order valence-corrected chi connectivity index (χ3v) is 3.78. The Morgan fingerprint density at radius 2 is 1.90 bits per heavy atom. The minimum absolute atomic E-state index is 0.450. The van der Waals surface area contributed by atoms with E-state index in [1.807, 2.05) is 36.4 Å². The molecule has 3 nitrogen and oxygen atoms in total. The number of methoxy groups -OCH3 is 1. The van der Waals surface area contributed by atoms with Gasteiger partial charge >= 0.3 is 0 Å². The van der Waals surface area contributed by atoms with Crippen LogP contribution in [-0.2, 0) is 6.61 Å². The summed E-state index contributed by atoms with van der Waals surface area (Å²) in [6.45, 7) is 2.17. The average molecular weight is 337 g/mol. The van der Waals surface area contributed by atoms with Gasteiger partial charge in [-0.05, 0) is 30.7 Å². The number of aliphatic hydroxyl groups excluding tert-OH is 1. The molecule has 106 valence electrons. The maximum absolute atomic E-state index is 9.58. The molecule has 1 atom stereocenters. The molecule has 0 fully saturated rings. The summed E-state index contributed by atoms with van der Waals surface area (Å²) in [4.78, 5) is 0. The van der Waals surface area contributed by atoms with E-state index in [0.29, 0.717) is 18.1 Å². The second kappa shape index (κ2) is 6.77. The maximum Gasteiger partial charge on any atom is 0.161 e. The lowest BCUT2D eigenvalue weighted by Crippen LogP contribution is -2.00. The molecule has 20 heavy (non-hydrogen) atoms. The summed E-state index contributed by atoms with van der Waals surface area (Å²) in [5.41, 5.74) is 1.87. The summed E-state index contributed by atoms with van der Waals surface area (Å²) in [7, 11) is 1.59. The van der Waals surface area contributed by atoms with Gasteiger partial charge in [-0.25, -0.2) is 0 Å². The van der Waals surface area contributed by atoms with Gasteiger partial charge in [-0.15, -0.1) is 0 Å². The van der Waals surface area contributed by atoms with Gasteiger partial charge in [-0.1, -0.05) is 40.2 Å². The van der Waals surface area contributed by atoms with Crippen LogP contribution in [0.25, 0.3) is 0 Å². The molecule has 0 spiro atoms. The van der Waals surface area contributed by atoms with Crippen molar-refractivity contribution < 1.29 is 14.6 Å². The van der Waals surface area contributed by atoms with E-state index >= 15 is 0 Å². The molecule has 0 aromatic heterocycles. The molecule has 4 heteroatoms. The molecule has 0 saturated heterocycles. The number of hydrogen-bond donors (Lipinski definition) is 1. The van der Waals surface area contributed by atoms with Crippen molar-refractivity contribution in [1.29, 1.82) is 0 Å². The molecule has 1 N–H and O–H groups in total. The first kappa shape index (κ1) is 14.9. The Bertz CT molecular complexity index is 582. The van der Waals surface area contributed by atoms with Crippen molar-refractivity contribution in [2.45, 2.75) is 19.6 Å². The Balaban J connectivity index is 2.15. The average Bonchev–Trinajstić information content (AvgIpc) is 2.46. The zero-order valence-electron chi connectivity index (χ0n) is 11.5. The lowest BCUT2D eigenvalue weighted by Gasteiger charge is -2.13. The van der Waals surface area contributed by atoms with Gasteiger partial charge in [0.15, 0.2) is 11.5 Å². The topological polar surface area (TPSA) is 38.7 Å². The van der Waals surface area contributed by atoms with Gasteiger partial charge in [0, 0.05) is 10.0 Å². The third kappa shape index (κ3) is 3.52. The molecule has 1 unspecified atom stereocenters. The Morgan fingerprint density at radius 3 is 2.55 bits per heavy atom. The summed E-state index contributed by atoms with van der Waals surface area (Å²) in [6.07, 6.45) is -0.527. The van der Waals surface area contributed by atoms with Crippen LogP contribution in [0.1, 0.15) is 24.2 Å². The van der Waals surface area contributed by atoms with Crippen molar-refractivity contribution in [2.75, 3.05) is 7.11 Å². The maximum atomic E-state index is 9.58. The smallest absolute Gasteiger partial charge is 0.161 e. The molecule has 0 aliphatic rings. The van der Waals surface area contributed by atoms with E-state index in [1.54, 1.807) is 20.1 Å².